The molecule has 2 aromatic carbocycles. The lowest BCUT2D eigenvalue weighted by molar-refractivity contribution is -0.113. The summed E-state index contributed by atoms with van der Waals surface area (Å²) in [6.07, 6.45) is 0. The molecule has 0 bridgehead atoms. The number of carbonyl (C=O) groups is 1. The van der Waals surface area contributed by atoms with E-state index in [0.29, 0.717) is 27.5 Å². The van der Waals surface area contributed by atoms with Crippen LogP contribution in [0.3, 0.4) is 0 Å². The van der Waals surface area contributed by atoms with E-state index < -0.39 is 0 Å². The Labute approximate surface area is 178 Å². The van der Waals surface area contributed by atoms with E-state index in [1.54, 1.807) is 18.2 Å². The molecule has 9 heteroatoms. The van der Waals surface area contributed by atoms with E-state index in [1.807, 2.05) is 41.9 Å². The molecule has 0 atom stereocenters. The Morgan fingerprint density at radius 2 is 2.07 bits per heavy atom. The predicted octanol–water partition coefficient (Wildman–Crippen LogP) is 5.38. The average molecular weight is 478 g/mol. The van der Waals surface area contributed by atoms with E-state index in [1.165, 1.54) is 11.8 Å². The van der Waals surface area contributed by atoms with Crippen LogP contribution in [0, 0.1) is 0 Å². The van der Waals surface area contributed by atoms with Gasteiger partial charge in [-0.1, -0.05) is 41.6 Å². The van der Waals surface area contributed by atoms with Gasteiger partial charge in [0, 0.05) is 22.6 Å². The topological polar surface area (TPSA) is 73.0 Å². The highest BCUT2D eigenvalue weighted by atomic mass is 79.9. The number of benzene rings is 2. The normalized spacial score (nSPS) is 11.1. The Balaban J connectivity index is 1.44. The molecule has 0 fully saturated rings. The van der Waals surface area contributed by atoms with E-state index in [9.17, 15) is 4.79 Å². The smallest absolute Gasteiger partial charge is 0.234 e. The first-order valence-electron chi connectivity index (χ1n) is 8.27. The highest BCUT2D eigenvalue weighted by Gasteiger charge is 2.16. The average Bonchev–Trinajstić information content (AvgIpc) is 3.26. The van der Waals surface area contributed by atoms with Gasteiger partial charge < -0.3 is 14.3 Å². The first-order chi connectivity index (χ1) is 13.5. The number of aromatic nitrogens is 3. The van der Waals surface area contributed by atoms with Crippen LogP contribution >= 0.6 is 39.3 Å². The van der Waals surface area contributed by atoms with Crippen LogP contribution in [-0.2, 0) is 11.8 Å². The lowest BCUT2D eigenvalue weighted by Crippen LogP contribution is -2.14. The molecule has 0 radical (unpaired) electrons. The standard InChI is InChI=1S/C19H14BrClN4O2S/c1-25-18(16-8-11-4-2-3-5-15(11)27-16)23-24-19(25)28-10-17(26)22-12-6-7-13(20)14(21)9-12/h2-9H,10H2,1H3,(H,22,26). The first-order valence-corrected chi connectivity index (χ1v) is 10.4. The van der Waals surface area contributed by atoms with E-state index in [-0.39, 0.29) is 11.7 Å². The Morgan fingerprint density at radius 3 is 2.86 bits per heavy atom. The van der Waals surface area contributed by atoms with E-state index in [2.05, 4.69) is 31.4 Å². The molecule has 0 aliphatic carbocycles. The van der Waals surface area contributed by atoms with Crippen molar-refractivity contribution in [2.75, 3.05) is 11.1 Å². The zero-order chi connectivity index (χ0) is 19.7. The lowest BCUT2D eigenvalue weighted by Gasteiger charge is -2.06. The number of carbonyl (C=O) groups excluding carboxylic acids is 1. The fourth-order valence-electron chi connectivity index (χ4n) is 2.65. The number of fused-ring (bicyclic) bond motifs is 1. The summed E-state index contributed by atoms with van der Waals surface area (Å²) in [5.74, 6) is 1.28. The van der Waals surface area contributed by atoms with Crippen LogP contribution in [-0.4, -0.2) is 26.4 Å². The molecule has 142 valence electrons. The van der Waals surface area contributed by atoms with Crippen molar-refractivity contribution in [1.82, 2.24) is 14.8 Å². The zero-order valence-electron chi connectivity index (χ0n) is 14.6. The number of nitrogens with one attached hydrogen (secondary N) is 1. The summed E-state index contributed by atoms with van der Waals surface area (Å²) in [6, 6.07) is 14.9. The molecular formula is C19H14BrClN4O2S. The molecule has 1 N–H and O–H groups in total. The van der Waals surface area contributed by atoms with Crippen molar-refractivity contribution < 1.29 is 9.21 Å². The minimum Gasteiger partial charge on any atom is -0.453 e. The van der Waals surface area contributed by atoms with Gasteiger partial charge in [-0.15, -0.1) is 10.2 Å². The maximum absolute atomic E-state index is 12.2. The lowest BCUT2D eigenvalue weighted by atomic mass is 10.2. The molecule has 0 aliphatic rings. The number of halogens is 2. The maximum Gasteiger partial charge on any atom is 0.234 e. The van der Waals surface area contributed by atoms with Crippen LogP contribution in [0.15, 0.2) is 62.6 Å². The highest BCUT2D eigenvalue weighted by molar-refractivity contribution is 9.10. The van der Waals surface area contributed by atoms with Crippen LogP contribution < -0.4 is 5.32 Å². The minimum absolute atomic E-state index is 0.156. The van der Waals surface area contributed by atoms with Gasteiger partial charge in [0.05, 0.1) is 10.8 Å². The second-order valence-electron chi connectivity index (χ2n) is 5.98. The summed E-state index contributed by atoms with van der Waals surface area (Å²) in [4.78, 5) is 12.2. The van der Waals surface area contributed by atoms with E-state index >= 15 is 0 Å². The number of nitrogens with zero attached hydrogens (tertiary/aromatic N) is 3. The number of hydrogen-bond donors (Lipinski definition) is 1. The van der Waals surface area contributed by atoms with E-state index in [4.69, 9.17) is 16.0 Å². The van der Waals surface area contributed by atoms with Crippen LogP contribution in [0.4, 0.5) is 5.69 Å². The van der Waals surface area contributed by atoms with Crippen LogP contribution in [0.25, 0.3) is 22.6 Å². The first kappa shape index (κ1) is 19.0. The molecule has 28 heavy (non-hydrogen) atoms. The third-order valence-electron chi connectivity index (χ3n) is 4.02. The fraction of sp³-hybridized carbons (Fsp3) is 0.105. The zero-order valence-corrected chi connectivity index (χ0v) is 17.8. The number of hydrogen-bond acceptors (Lipinski definition) is 5. The van der Waals surface area contributed by atoms with Crippen molar-refractivity contribution in [1.29, 1.82) is 0 Å². The van der Waals surface area contributed by atoms with Crippen molar-refractivity contribution in [3.05, 3.63) is 58.0 Å². The second kappa shape index (κ2) is 7.98. The summed E-state index contributed by atoms with van der Waals surface area (Å²) in [5.41, 5.74) is 1.43. The number of amides is 1. The molecule has 0 unspecified atom stereocenters. The molecule has 0 aliphatic heterocycles. The number of para-hydroxylation sites is 1. The SMILES string of the molecule is Cn1c(SCC(=O)Nc2ccc(Br)c(Cl)c2)nnc1-c1cc2ccccc2o1. The van der Waals surface area contributed by atoms with Gasteiger partial charge >= 0.3 is 0 Å². The molecular weight excluding hydrogens is 464 g/mol. The van der Waals surface area contributed by atoms with Gasteiger partial charge in [-0.25, -0.2) is 0 Å². The summed E-state index contributed by atoms with van der Waals surface area (Å²) in [7, 11) is 1.84. The number of thioether (sulfide) groups is 1. The Morgan fingerprint density at radius 1 is 1.25 bits per heavy atom. The maximum atomic E-state index is 12.2. The third-order valence-corrected chi connectivity index (χ3v) is 6.27. The third kappa shape index (κ3) is 3.94. The van der Waals surface area contributed by atoms with Crippen LogP contribution in [0.5, 0.6) is 0 Å². The summed E-state index contributed by atoms with van der Waals surface area (Å²) in [6.45, 7) is 0. The van der Waals surface area contributed by atoms with Crippen molar-refractivity contribution >= 4 is 61.9 Å². The molecule has 0 saturated heterocycles. The second-order valence-corrected chi connectivity index (χ2v) is 8.18. The van der Waals surface area contributed by atoms with Gasteiger partial charge in [-0.05, 0) is 46.3 Å². The molecule has 4 aromatic rings. The summed E-state index contributed by atoms with van der Waals surface area (Å²) < 4.78 is 8.43. The van der Waals surface area contributed by atoms with Crippen molar-refractivity contribution in [3.63, 3.8) is 0 Å². The molecule has 0 saturated carbocycles. The van der Waals surface area contributed by atoms with Gasteiger partial charge in [0.1, 0.15) is 5.58 Å². The summed E-state index contributed by atoms with van der Waals surface area (Å²) >= 11 is 10.7. The predicted molar refractivity (Wildman–Crippen MR) is 115 cm³/mol. The number of rotatable bonds is 5. The van der Waals surface area contributed by atoms with E-state index in [0.717, 1.165) is 15.4 Å². The molecule has 2 aromatic heterocycles. The molecule has 0 spiro atoms. The molecule has 2 heterocycles. The van der Waals surface area contributed by atoms with Crippen molar-refractivity contribution in [3.8, 4) is 11.6 Å². The van der Waals surface area contributed by atoms with Gasteiger partial charge in [0.15, 0.2) is 16.7 Å². The monoisotopic (exact) mass is 476 g/mol. The Hall–Kier alpha value is -2.29. The molecule has 1 amide bonds. The van der Waals surface area contributed by atoms with Crippen molar-refractivity contribution in [2.24, 2.45) is 7.05 Å². The van der Waals surface area contributed by atoms with Crippen molar-refractivity contribution in [2.45, 2.75) is 5.16 Å². The largest absolute Gasteiger partial charge is 0.453 e. The number of furan rings is 1. The minimum atomic E-state index is -0.156. The summed E-state index contributed by atoms with van der Waals surface area (Å²) in [5, 5.41) is 13.4. The molecule has 4 rings (SSSR count). The van der Waals surface area contributed by atoms with Gasteiger partial charge in [-0.2, -0.15) is 0 Å². The van der Waals surface area contributed by atoms with Crippen LogP contribution in [0.1, 0.15) is 0 Å². The fourth-order valence-corrected chi connectivity index (χ4v) is 3.79. The van der Waals surface area contributed by atoms with Gasteiger partial charge in [0.2, 0.25) is 5.91 Å². The quantitative estimate of drug-likeness (QED) is 0.391. The Bertz CT molecular complexity index is 1140. The van der Waals surface area contributed by atoms with Crippen LogP contribution in [0.2, 0.25) is 5.02 Å². The molecule has 6 nitrogen and oxygen atoms in total. The Kier molecular flexibility index (Phi) is 5.43. The van der Waals surface area contributed by atoms with Gasteiger partial charge in [0.25, 0.3) is 0 Å². The van der Waals surface area contributed by atoms with Gasteiger partial charge in [-0.3, -0.25) is 4.79 Å². The highest BCUT2D eigenvalue weighted by Crippen LogP contribution is 2.29. The number of anilines is 1.